The van der Waals surface area contributed by atoms with Gasteiger partial charge in [0, 0.05) is 0 Å². The van der Waals surface area contributed by atoms with Gasteiger partial charge in [0.15, 0.2) is 0 Å². The van der Waals surface area contributed by atoms with Crippen LogP contribution in [0.3, 0.4) is 0 Å². The smallest absolute Gasteiger partial charge is 0.137 e. The van der Waals surface area contributed by atoms with Gasteiger partial charge in [-0.15, -0.1) is 0 Å². The SMILES string of the molecule is CCC(C)c1ccc(-c2cnc(CC(C)=O)[nH]2)cc1. The third kappa shape index (κ3) is 3.31. The lowest BCUT2D eigenvalue weighted by Gasteiger charge is -2.09. The van der Waals surface area contributed by atoms with Gasteiger partial charge in [-0.25, -0.2) is 4.98 Å². The Morgan fingerprint density at radius 2 is 2.00 bits per heavy atom. The molecule has 1 unspecified atom stereocenters. The highest BCUT2D eigenvalue weighted by Gasteiger charge is 2.07. The molecule has 0 fully saturated rings. The topological polar surface area (TPSA) is 45.8 Å². The molecule has 1 heterocycles. The van der Waals surface area contributed by atoms with Crippen LogP contribution in [0, 0.1) is 0 Å². The number of carbonyl (C=O) groups is 1. The molecule has 0 aliphatic heterocycles. The second-order valence-corrected chi connectivity index (χ2v) is 5.05. The summed E-state index contributed by atoms with van der Waals surface area (Å²) in [5.41, 5.74) is 3.43. The molecule has 0 spiro atoms. The van der Waals surface area contributed by atoms with Gasteiger partial charge in [0.25, 0.3) is 0 Å². The summed E-state index contributed by atoms with van der Waals surface area (Å²) < 4.78 is 0. The van der Waals surface area contributed by atoms with E-state index in [9.17, 15) is 4.79 Å². The number of H-pyrrole nitrogens is 1. The fraction of sp³-hybridized carbons (Fsp3) is 0.375. The van der Waals surface area contributed by atoms with Crippen molar-refractivity contribution in [3.63, 3.8) is 0 Å². The zero-order valence-corrected chi connectivity index (χ0v) is 11.7. The lowest BCUT2D eigenvalue weighted by atomic mass is 9.97. The minimum atomic E-state index is 0.119. The quantitative estimate of drug-likeness (QED) is 0.886. The zero-order chi connectivity index (χ0) is 13.8. The number of rotatable bonds is 5. The first-order valence-electron chi connectivity index (χ1n) is 6.73. The summed E-state index contributed by atoms with van der Waals surface area (Å²) in [6, 6.07) is 8.53. The third-order valence-corrected chi connectivity index (χ3v) is 3.45. The summed E-state index contributed by atoms with van der Waals surface area (Å²) in [5, 5.41) is 0. The van der Waals surface area contributed by atoms with Crippen LogP contribution in [0.1, 0.15) is 44.5 Å². The molecular formula is C16H20N2O. The van der Waals surface area contributed by atoms with Crippen molar-refractivity contribution in [3.8, 4) is 11.3 Å². The number of aromatic amines is 1. The van der Waals surface area contributed by atoms with E-state index in [0.717, 1.165) is 23.5 Å². The number of benzene rings is 1. The van der Waals surface area contributed by atoms with Crippen molar-refractivity contribution in [2.24, 2.45) is 0 Å². The van der Waals surface area contributed by atoms with Gasteiger partial charge in [-0.2, -0.15) is 0 Å². The number of aromatic nitrogens is 2. The number of ketones is 1. The van der Waals surface area contributed by atoms with Gasteiger partial charge in [-0.3, -0.25) is 4.79 Å². The Labute approximate surface area is 114 Å². The number of hydrogen-bond donors (Lipinski definition) is 1. The summed E-state index contributed by atoms with van der Waals surface area (Å²) in [6.45, 7) is 6.00. The van der Waals surface area contributed by atoms with Crippen molar-refractivity contribution in [1.82, 2.24) is 9.97 Å². The first kappa shape index (κ1) is 13.5. The molecule has 100 valence electrons. The van der Waals surface area contributed by atoms with Crippen LogP contribution in [0.25, 0.3) is 11.3 Å². The van der Waals surface area contributed by atoms with Crippen LogP contribution in [0.2, 0.25) is 0 Å². The Bertz CT molecular complexity index is 554. The molecule has 0 bridgehead atoms. The van der Waals surface area contributed by atoms with E-state index in [1.165, 1.54) is 5.56 Å². The van der Waals surface area contributed by atoms with Gasteiger partial charge in [-0.1, -0.05) is 38.1 Å². The Balaban J connectivity index is 2.18. The van der Waals surface area contributed by atoms with Crippen LogP contribution < -0.4 is 0 Å². The van der Waals surface area contributed by atoms with Crippen molar-refractivity contribution in [3.05, 3.63) is 41.9 Å². The normalized spacial score (nSPS) is 12.4. The van der Waals surface area contributed by atoms with Crippen LogP contribution in [-0.2, 0) is 11.2 Å². The Kier molecular flexibility index (Phi) is 4.15. The second kappa shape index (κ2) is 5.83. The van der Waals surface area contributed by atoms with E-state index in [0.29, 0.717) is 12.3 Å². The standard InChI is InChI=1S/C16H20N2O/c1-4-11(2)13-5-7-14(8-6-13)15-10-17-16(18-15)9-12(3)19/h5-8,10-11H,4,9H2,1-3H3,(H,17,18). The molecule has 0 aliphatic carbocycles. The summed E-state index contributed by atoms with van der Waals surface area (Å²) in [5.74, 6) is 1.44. The molecule has 1 aromatic carbocycles. The molecule has 19 heavy (non-hydrogen) atoms. The monoisotopic (exact) mass is 256 g/mol. The van der Waals surface area contributed by atoms with Crippen molar-refractivity contribution >= 4 is 5.78 Å². The van der Waals surface area contributed by atoms with E-state index >= 15 is 0 Å². The summed E-state index contributed by atoms with van der Waals surface area (Å²) >= 11 is 0. The third-order valence-electron chi connectivity index (χ3n) is 3.45. The molecule has 3 heteroatoms. The fourth-order valence-corrected chi connectivity index (χ4v) is 2.06. The molecular weight excluding hydrogens is 236 g/mol. The van der Waals surface area contributed by atoms with Crippen molar-refractivity contribution in [2.75, 3.05) is 0 Å². The largest absolute Gasteiger partial charge is 0.342 e. The van der Waals surface area contributed by atoms with Gasteiger partial charge < -0.3 is 4.98 Å². The molecule has 1 atom stereocenters. The van der Waals surface area contributed by atoms with E-state index in [1.54, 1.807) is 13.1 Å². The van der Waals surface area contributed by atoms with Crippen LogP contribution in [-0.4, -0.2) is 15.8 Å². The van der Waals surface area contributed by atoms with Crippen molar-refractivity contribution in [1.29, 1.82) is 0 Å². The molecule has 0 saturated carbocycles. The van der Waals surface area contributed by atoms with E-state index < -0.39 is 0 Å². The summed E-state index contributed by atoms with van der Waals surface area (Å²) in [7, 11) is 0. The summed E-state index contributed by atoms with van der Waals surface area (Å²) in [4.78, 5) is 18.5. The minimum absolute atomic E-state index is 0.119. The predicted molar refractivity (Wildman–Crippen MR) is 77.1 cm³/mol. The maximum Gasteiger partial charge on any atom is 0.137 e. The molecule has 2 rings (SSSR count). The molecule has 1 N–H and O–H groups in total. The van der Waals surface area contributed by atoms with Gasteiger partial charge in [-0.05, 0) is 30.4 Å². The average molecular weight is 256 g/mol. The maximum atomic E-state index is 11.1. The summed E-state index contributed by atoms with van der Waals surface area (Å²) in [6.07, 6.45) is 3.30. The Hall–Kier alpha value is -1.90. The maximum absolute atomic E-state index is 11.1. The predicted octanol–water partition coefficient (Wildman–Crippen LogP) is 3.72. The number of nitrogens with one attached hydrogen (secondary N) is 1. The molecule has 0 saturated heterocycles. The van der Waals surface area contributed by atoms with E-state index in [2.05, 4.69) is 48.1 Å². The molecule has 0 radical (unpaired) electrons. The van der Waals surface area contributed by atoms with Crippen LogP contribution in [0.4, 0.5) is 0 Å². The van der Waals surface area contributed by atoms with Gasteiger partial charge in [0.05, 0.1) is 18.3 Å². The van der Waals surface area contributed by atoms with Crippen LogP contribution in [0.15, 0.2) is 30.5 Å². The average Bonchev–Trinajstić information content (AvgIpc) is 2.85. The van der Waals surface area contributed by atoms with Crippen LogP contribution >= 0.6 is 0 Å². The number of hydrogen-bond acceptors (Lipinski definition) is 2. The van der Waals surface area contributed by atoms with Crippen LogP contribution in [0.5, 0.6) is 0 Å². The Morgan fingerprint density at radius 1 is 1.32 bits per heavy atom. The highest BCUT2D eigenvalue weighted by atomic mass is 16.1. The van der Waals surface area contributed by atoms with Crippen molar-refractivity contribution in [2.45, 2.75) is 39.5 Å². The van der Waals surface area contributed by atoms with E-state index in [4.69, 9.17) is 0 Å². The van der Waals surface area contributed by atoms with E-state index in [-0.39, 0.29) is 5.78 Å². The van der Waals surface area contributed by atoms with Gasteiger partial charge >= 0.3 is 0 Å². The zero-order valence-electron chi connectivity index (χ0n) is 11.7. The second-order valence-electron chi connectivity index (χ2n) is 5.05. The number of imidazole rings is 1. The highest BCUT2D eigenvalue weighted by molar-refractivity contribution is 5.77. The fourth-order valence-electron chi connectivity index (χ4n) is 2.06. The van der Waals surface area contributed by atoms with Crippen molar-refractivity contribution < 1.29 is 4.79 Å². The molecule has 3 nitrogen and oxygen atoms in total. The molecule has 0 aliphatic rings. The van der Waals surface area contributed by atoms with Gasteiger partial charge in [0.2, 0.25) is 0 Å². The lowest BCUT2D eigenvalue weighted by Crippen LogP contribution is -1.97. The number of Topliss-reactive ketones (excluding diaryl/α,β-unsaturated/α-hetero) is 1. The molecule has 1 aromatic heterocycles. The number of nitrogens with zero attached hydrogens (tertiary/aromatic N) is 1. The lowest BCUT2D eigenvalue weighted by molar-refractivity contribution is -0.116. The highest BCUT2D eigenvalue weighted by Crippen LogP contribution is 2.23. The first-order chi connectivity index (χ1) is 9.10. The van der Waals surface area contributed by atoms with E-state index in [1.807, 2.05) is 0 Å². The minimum Gasteiger partial charge on any atom is -0.342 e. The van der Waals surface area contributed by atoms with Gasteiger partial charge in [0.1, 0.15) is 11.6 Å². The Morgan fingerprint density at radius 3 is 2.58 bits per heavy atom. The molecule has 0 amide bonds. The molecule has 2 aromatic rings. The number of carbonyl (C=O) groups excluding carboxylic acids is 1. The first-order valence-corrected chi connectivity index (χ1v) is 6.73.